The van der Waals surface area contributed by atoms with E-state index in [1.54, 1.807) is 0 Å². The van der Waals surface area contributed by atoms with Crippen LogP contribution in [-0.2, 0) is 16.4 Å². The normalized spacial score (nSPS) is 23.4. The molecule has 1 aliphatic carbocycles. The standard InChI is InChI=1S/C15H21NO2S/c17-19(18)8-6-15(7-9-19)16-11-12-2-1-3-14(10-12)13-4-5-13/h1-3,10,13,15-16H,4-9,11H2. The maximum Gasteiger partial charge on any atom is 0.150 e. The average molecular weight is 279 g/mol. The van der Waals surface area contributed by atoms with Gasteiger partial charge in [-0.2, -0.15) is 0 Å². The molecule has 0 spiro atoms. The minimum atomic E-state index is -2.75. The van der Waals surface area contributed by atoms with Gasteiger partial charge in [-0.1, -0.05) is 24.3 Å². The quantitative estimate of drug-likeness (QED) is 0.919. The molecule has 1 heterocycles. The van der Waals surface area contributed by atoms with Gasteiger partial charge in [-0.25, -0.2) is 8.42 Å². The third-order valence-corrected chi connectivity index (χ3v) is 5.86. The van der Waals surface area contributed by atoms with Gasteiger partial charge in [-0.05, 0) is 42.7 Å². The highest BCUT2D eigenvalue weighted by Gasteiger charge is 2.24. The van der Waals surface area contributed by atoms with Crippen LogP contribution in [0.1, 0.15) is 42.7 Å². The second-order valence-electron chi connectivity index (χ2n) is 5.83. The number of rotatable bonds is 4. The Bertz CT molecular complexity index is 535. The van der Waals surface area contributed by atoms with E-state index in [1.807, 2.05) is 0 Å². The van der Waals surface area contributed by atoms with Gasteiger partial charge >= 0.3 is 0 Å². The molecule has 2 aliphatic rings. The van der Waals surface area contributed by atoms with Crippen LogP contribution in [0.25, 0.3) is 0 Å². The molecule has 4 heteroatoms. The Labute approximate surface area is 115 Å². The van der Waals surface area contributed by atoms with Crippen molar-refractivity contribution in [3.05, 3.63) is 35.4 Å². The molecule has 0 unspecified atom stereocenters. The molecule has 3 rings (SSSR count). The number of nitrogens with one attached hydrogen (secondary N) is 1. The van der Waals surface area contributed by atoms with Crippen molar-refractivity contribution in [2.75, 3.05) is 11.5 Å². The lowest BCUT2D eigenvalue weighted by Gasteiger charge is -2.23. The molecule has 3 nitrogen and oxygen atoms in total. The van der Waals surface area contributed by atoms with Gasteiger partial charge in [0.05, 0.1) is 11.5 Å². The number of hydrogen-bond acceptors (Lipinski definition) is 3. The van der Waals surface area contributed by atoms with Gasteiger partial charge in [0.15, 0.2) is 0 Å². The van der Waals surface area contributed by atoms with Gasteiger partial charge in [0.1, 0.15) is 9.84 Å². The molecular formula is C15H21NO2S. The predicted molar refractivity (Wildman–Crippen MR) is 76.9 cm³/mol. The molecule has 1 aliphatic heterocycles. The Kier molecular flexibility index (Phi) is 3.63. The fraction of sp³-hybridized carbons (Fsp3) is 0.600. The van der Waals surface area contributed by atoms with Gasteiger partial charge < -0.3 is 5.32 Å². The molecule has 0 bridgehead atoms. The monoisotopic (exact) mass is 279 g/mol. The van der Waals surface area contributed by atoms with E-state index in [4.69, 9.17) is 0 Å². The molecule has 0 aromatic heterocycles. The zero-order valence-corrected chi connectivity index (χ0v) is 12.0. The molecule has 1 N–H and O–H groups in total. The van der Waals surface area contributed by atoms with Crippen LogP contribution in [0.4, 0.5) is 0 Å². The summed E-state index contributed by atoms with van der Waals surface area (Å²) < 4.78 is 22.7. The molecule has 1 saturated heterocycles. The number of hydrogen-bond donors (Lipinski definition) is 1. The zero-order chi connectivity index (χ0) is 13.3. The van der Waals surface area contributed by atoms with E-state index < -0.39 is 9.84 Å². The summed E-state index contributed by atoms with van der Waals surface area (Å²) in [7, 11) is -2.75. The first-order chi connectivity index (χ1) is 9.12. The smallest absolute Gasteiger partial charge is 0.150 e. The Morgan fingerprint density at radius 3 is 2.53 bits per heavy atom. The number of benzene rings is 1. The van der Waals surface area contributed by atoms with E-state index in [0.29, 0.717) is 17.5 Å². The molecule has 0 radical (unpaired) electrons. The van der Waals surface area contributed by atoms with Crippen molar-refractivity contribution in [2.45, 2.75) is 44.2 Å². The Morgan fingerprint density at radius 2 is 1.84 bits per heavy atom. The largest absolute Gasteiger partial charge is 0.310 e. The van der Waals surface area contributed by atoms with Crippen LogP contribution in [0.5, 0.6) is 0 Å². The van der Waals surface area contributed by atoms with Crippen molar-refractivity contribution in [3.8, 4) is 0 Å². The van der Waals surface area contributed by atoms with Crippen molar-refractivity contribution in [2.24, 2.45) is 0 Å². The highest BCUT2D eigenvalue weighted by Crippen LogP contribution is 2.40. The Hall–Kier alpha value is -0.870. The van der Waals surface area contributed by atoms with Gasteiger partial charge in [0.2, 0.25) is 0 Å². The summed E-state index contributed by atoms with van der Waals surface area (Å²) in [5, 5.41) is 3.50. The van der Waals surface area contributed by atoms with Crippen LogP contribution < -0.4 is 5.32 Å². The average Bonchev–Trinajstić information content (AvgIpc) is 3.22. The maximum absolute atomic E-state index is 11.4. The molecule has 0 amide bonds. The maximum atomic E-state index is 11.4. The lowest BCUT2D eigenvalue weighted by atomic mass is 10.1. The molecule has 1 aromatic rings. The molecule has 0 atom stereocenters. The predicted octanol–water partition coefficient (Wildman–Crippen LogP) is 2.23. The van der Waals surface area contributed by atoms with E-state index in [1.165, 1.54) is 24.0 Å². The lowest BCUT2D eigenvalue weighted by Crippen LogP contribution is -2.37. The molecule has 1 saturated carbocycles. The van der Waals surface area contributed by atoms with E-state index in [0.717, 1.165) is 25.3 Å². The summed E-state index contributed by atoms with van der Waals surface area (Å²) in [6.07, 6.45) is 4.17. The highest BCUT2D eigenvalue weighted by atomic mass is 32.2. The second-order valence-corrected chi connectivity index (χ2v) is 8.13. The van der Waals surface area contributed by atoms with Gasteiger partial charge in [-0.15, -0.1) is 0 Å². The van der Waals surface area contributed by atoms with Gasteiger partial charge in [0, 0.05) is 12.6 Å². The first-order valence-electron chi connectivity index (χ1n) is 7.15. The van der Waals surface area contributed by atoms with Crippen LogP contribution in [0, 0.1) is 0 Å². The van der Waals surface area contributed by atoms with E-state index in [9.17, 15) is 8.42 Å². The van der Waals surface area contributed by atoms with Gasteiger partial charge in [-0.3, -0.25) is 0 Å². The van der Waals surface area contributed by atoms with Crippen molar-refractivity contribution < 1.29 is 8.42 Å². The molecule has 1 aromatic carbocycles. The Morgan fingerprint density at radius 1 is 1.11 bits per heavy atom. The summed E-state index contributed by atoms with van der Waals surface area (Å²) in [6, 6.07) is 9.15. The first kappa shape index (κ1) is 13.1. The van der Waals surface area contributed by atoms with Crippen molar-refractivity contribution >= 4 is 9.84 Å². The summed E-state index contributed by atoms with van der Waals surface area (Å²) in [6.45, 7) is 0.852. The first-order valence-corrected chi connectivity index (χ1v) is 8.97. The van der Waals surface area contributed by atoms with Crippen LogP contribution in [0.2, 0.25) is 0 Å². The van der Waals surface area contributed by atoms with Gasteiger partial charge in [0.25, 0.3) is 0 Å². The SMILES string of the molecule is O=S1(=O)CCC(NCc2cccc(C3CC3)c2)CC1. The topological polar surface area (TPSA) is 46.2 Å². The molecule has 2 fully saturated rings. The van der Waals surface area contributed by atoms with Crippen molar-refractivity contribution in [3.63, 3.8) is 0 Å². The minimum Gasteiger partial charge on any atom is -0.310 e. The summed E-state index contributed by atoms with van der Waals surface area (Å²) in [4.78, 5) is 0. The lowest BCUT2D eigenvalue weighted by molar-refractivity contribution is 0.463. The highest BCUT2D eigenvalue weighted by molar-refractivity contribution is 7.91. The minimum absolute atomic E-state index is 0.340. The van der Waals surface area contributed by atoms with Crippen LogP contribution in [0.15, 0.2) is 24.3 Å². The second kappa shape index (κ2) is 5.25. The van der Waals surface area contributed by atoms with E-state index >= 15 is 0 Å². The Balaban J connectivity index is 1.53. The zero-order valence-electron chi connectivity index (χ0n) is 11.1. The molecule has 19 heavy (non-hydrogen) atoms. The summed E-state index contributed by atoms with van der Waals surface area (Å²) in [5.74, 6) is 1.47. The van der Waals surface area contributed by atoms with Crippen LogP contribution >= 0.6 is 0 Å². The van der Waals surface area contributed by atoms with E-state index in [-0.39, 0.29) is 0 Å². The third-order valence-electron chi connectivity index (χ3n) is 4.15. The van der Waals surface area contributed by atoms with Crippen molar-refractivity contribution in [1.82, 2.24) is 5.32 Å². The number of sulfone groups is 1. The third kappa shape index (κ3) is 3.57. The fourth-order valence-corrected chi connectivity index (χ4v) is 4.22. The van der Waals surface area contributed by atoms with Crippen molar-refractivity contribution in [1.29, 1.82) is 0 Å². The summed E-state index contributed by atoms with van der Waals surface area (Å²) >= 11 is 0. The molecule has 104 valence electrons. The molecular weight excluding hydrogens is 258 g/mol. The fourth-order valence-electron chi connectivity index (χ4n) is 2.73. The van der Waals surface area contributed by atoms with E-state index in [2.05, 4.69) is 29.6 Å². The van der Waals surface area contributed by atoms with Crippen LogP contribution in [0.3, 0.4) is 0 Å². The summed E-state index contributed by atoms with van der Waals surface area (Å²) in [5.41, 5.74) is 2.78. The van der Waals surface area contributed by atoms with Crippen LogP contribution in [-0.4, -0.2) is 26.0 Å².